The van der Waals surface area contributed by atoms with Crippen molar-refractivity contribution in [3.05, 3.63) is 23.2 Å². The number of hydrogen-bond donors (Lipinski definition) is 1. The Kier molecular flexibility index (Phi) is 6.20. The second kappa shape index (κ2) is 8.26. The second-order valence-corrected chi connectivity index (χ2v) is 9.30. The first-order valence-corrected chi connectivity index (χ1v) is 10.8. The standard InChI is InChI=1S/C18H23ClN2O5S/c1-12-10-13(2-5-16(12)22)18(23)20-14-3-4-15(19)17(11-14)27(24,25)21-6-8-26-9-7-21/h3-4,11-13H,2,5-10H2,1H3,(H,20,23)/t12-,13-/m0/s1. The van der Waals surface area contributed by atoms with E-state index in [0.29, 0.717) is 38.2 Å². The lowest BCUT2D eigenvalue weighted by Crippen LogP contribution is -2.40. The highest BCUT2D eigenvalue weighted by molar-refractivity contribution is 7.89. The van der Waals surface area contributed by atoms with Crippen molar-refractivity contribution in [2.75, 3.05) is 31.6 Å². The molecule has 9 heteroatoms. The highest BCUT2D eigenvalue weighted by atomic mass is 35.5. The average Bonchev–Trinajstić information content (AvgIpc) is 2.66. The van der Waals surface area contributed by atoms with Gasteiger partial charge >= 0.3 is 0 Å². The molecule has 7 nitrogen and oxygen atoms in total. The van der Waals surface area contributed by atoms with E-state index < -0.39 is 10.0 Å². The summed E-state index contributed by atoms with van der Waals surface area (Å²) in [5, 5.41) is 2.88. The van der Waals surface area contributed by atoms with Gasteiger partial charge in [-0.3, -0.25) is 9.59 Å². The molecule has 1 saturated heterocycles. The summed E-state index contributed by atoms with van der Waals surface area (Å²) in [6, 6.07) is 4.44. The maximum atomic E-state index is 12.9. The average molecular weight is 415 g/mol. The number of nitrogens with one attached hydrogen (secondary N) is 1. The van der Waals surface area contributed by atoms with Crippen molar-refractivity contribution >= 4 is 39.0 Å². The van der Waals surface area contributed by atoms with Gasteiger partial charge < -0.3 is 10.1 Å². The molecule has 2 aliphatic rings. The first kappa shape index (κ1) is 20.3. The van der Waals surface area contributed by atoms with Crippen LogP contribution < -0.4 is 5.32 Å². The van der Waals surface area contributed by atoms with Crippen LogP contribution in [0.15, 0.2) is 23.1 Å². The third kappa shape index (κ3) is 4.51. The fourth-order valence-electron chi connectivity index (χ4n) is 3.43. The Morgan fingerprint density at radius 2 is 2.00 bits per heavy atom. The first-order chi connectivity index (χ1) is 12.8. The van der Waals surface area contributed by atoms with E-state index in [1.54, 1.807) is 6.07 Å². The zero-order valence-electron chi connectivity index (χ0n) is 15.1. The fourth-order valence-corrected chi connectivity index (χ4v) is 5.33. The smallest absolute Gasteiger partial charge is 0.244 e. The number of ether oxygens (including phenoxy) is 1. The molecule has 1 aliphatic carbocycles. The zero-order valence-corrected chi connectivity index (χ0v) is 16.7. The van der Waals surface area contributed by atoms with Crippen molar-refractivity contribution in [1.82, 2.24) is 4.31 Å². The third-order valence-electron chi connectivity index (χ3n) is 5.08. The number of carbonyl (C=O) groups is 2. The molecule has 1 saturated carbocycles. The van der Waals surface area contributed by atoms with Gasteiger partial charge in [0, 0.05) is 37.0 Å². The van der Waals surface area contributed by atoms with Gasteiger partial charge in [-0.1, -0.05) is 18.5 Å². The van der Waals surface area contributed by atoms with E-state index in [-0.39, 0.29) is 46.5 Å². The number of benzene rings is 1. The highest BCUT2D eigenvalue weighted by Gasteiger charge is 2.31. The van der Waals surface area contributed by atoms with Gasteiger partial charge in [-0.2, -0.15) is 4.31 Å². The summed E-state index contributed by atoms with van der Waals surface area (Å²) in [5.74, 6) is -0.402. The Morgan fingerprint density at radius 1 is 1.30 bits per heavy atom. The Bertz CT molecular complexity index is 836. The molecule has 0 spiro atoms. The topological polar surface area (TPSA) is 92.8 Å². The molecule has 27 heavy (non-hydrogen) atoms. The van der Waals surface area contributed by atoms with Gasteiger partial charge in [-0.25, -0.2) is 8.42 Å². The zero-order chi connectivity index (χ0) is 19.6. The number of carbonyl (C=O) groups excluding carboxylic acids is 2. The quantitative estimate of drug-likeness (QED) is 0.816. The first-order valence-electron chi connectivity index (χ1n) is 9.00. The Balaban J connectivity index is 1.77. The predicted molar refractivity (Wildman–Crippen MR) is 101 cm³/mol. The molecule has 1 heterocycles. The summed E-state index contributed by atoms with van der Waals surface area (Å²) in [6.45, 7) is 3.04. The van der Waals surface area contributed by atoms with E-state index in [1.807, 2.05) is 6.92 Å². The number of halogens is 1. The van der Waals surface area contributed by atoms with Crippen molar-refractivity contribution in [2.24, 2.45) is 11.8 Å². The summed E-state index contributed by atoms with van der Waals surface area (Å²) in [7, 11) is -3.77. The van der Waals surface area contributed by atoms with E-state index in [0.717, 1.165) is 0 Å². The molecule has 1 amide bonds. The lowest BCUT2D eigenvalue weighted by Gasteiger charge is -2.27. The van der Waals surface area contributed by atoms with E-state index in [4.69, 9.17) is 16.3 Å². The summed E-state index contributed by atoms with van der Waals surface area (Å²) >= 11 is 6.13. The number of rotatable bonds is 4. The molecule has 0 aromatic heterocycles. The van der Waals surface area contributed by atoms with Gasteiger partial charge in [0.2, 0.25) is 15.9 Å². The van der Waals surface area contributed by atoms with Crippen LogP contribution in [0.2, 0.25) is 5.02 Å². The molecule has 1 aliphatic heterocycles. The molecular weight excluding hydrogens is 392 g/mol. The molecule has 0 unspecified atom stereocenters. The molecule has 1 N–H and O–H groups in total. The lowest BCUT2D eigenvalue weighted by molar-refractivity contribution is -0.128. The fraction of sp³-hybridized carbons (Fsp3) is 0.556. The van der Waals surface area contributed by atoms with Crippen LogP contribution in [0.1, 0.15) is 26.2 Å². The normalized spacial score (nSPS) is 24.6. The number of hydrogen-bond acceptors (Lipinski definition) is 5. The summed E-state index contributed by atoms with van der Waals surface area (Å²) < 4.78 is 32.3. The second-order valence-electron chi connectivity index (χ2n) is 6.99. The monoisotopic (exact) mass is 414 g/mol. The summed E-state index contributed by atoms with van der Waals surface area (Å²) in [6.07, 6.45) is 1.43. The molecular formula is C18H23ClN2O5S. The van der Waals surface area contributed by atoms with Crippen molar-refractivity contribution in [3.63, 3.8) is 0 Å². The van der Waals surface area contributed by atoms with Gasteiger partial charge in [-0.05, 0) is 31.0 Å². The van der Waals surface area contributed by atoms with Gasteiger partial charge in [0.15, 0.2) is 0 Å². The van der Waals surface area contributed by atoms with Crippen LogP contribution >= 0.6 is 11.6 Å². The van der Waals surface area contributed by atoms with E-state index >= 15 is 0 Å². The van der Waals surface area contributed by atoms with Crippen molar-refractivity contribution in [2.45, 2.75) is 31.1 Å². The molecule has 0 radical (unpaired) electrons. The van der Waals surface area contributed by atoms with Gasteiger partial charge in [0.05, 0.1) is 18.2 Å². The number of anilines is 1. The molecule has 0 bridgehead atoms. The molecule has 148 valence electrons. The van der Waals surface area contributed by atoms with Crippen LogP contribution in [-0.2, 0) is 24.3 Å². The Morgan fingerprint density at radius 3 is 2.67 bits per heavy atom. The van der Waals surface area contributed by atoms with Crippen LogP contribution in [0.5, 0.6) is 0 Å². The van der Waals surface area contributed by atoms with Crippen LogP contribution in [0.3, 0.4) is 0 Å². The summed E-state index contributed by atoms with van der Waals surface area (Å²) in [5.41, 5.74) is 0.376. The van der Waals surface area contributed by atoms with Gasteiger partial charge in [-0.15, -0.1) is 0 Å². The maximum Gasteiger partial charge on any atom is 0.244 e. The third-order valence-corrected chi connectivity index (χ3v) is 7.46. The maximum absolute atomic E-state index is 12.9. The van der Waals surface area contributed by atoms with Crippen LogP contribution in [0, 0.1) is 11.8 Å². The molecule has 2 atom stereocenters. The highest BCUT2D eigenvalue weighted by Crippen LogP contribution is 2.30. The van der Waals surface area contributed by atoms with E-state index in [9.17, 15) is 18.0 Å². The number of ketones is 1. The van der Waals surface area contributed by atoms with Crippen molar-refractivity contribution < 1.29 is 22.7 Å². The number of sulfonamides is 1. The molecule has 1 aromatic carbocycles. The number of morpholine rings is 1. The minimum absolute atomic E-state index is 0.0314. The van der Waals surface area contributed by atoms with Gasteiger partial charge in [0.25, 0.3) is 0 Å². The van der Waals surface area contributed by atoms with Crippen LogP contribution in [0.4, 0.5) is 5.69 Å². The van der Waals surface area contributed by atoms with Crippen molar-refractivity contribution in [3.8, 4) is 0 Å². The molecule has 2 fully saturated rings. The van der Waals surface area contributed by atoms with E-state index in [2.05, 4.69) is 5.32 Å². The summed E-state index contributed by atoms with van der Waals surface area (Å²) in [4.78, 5) is 24.1. The minimum atomic E-state index is -3.77. The number of nitrogens with zero attached hydrogens (tertiary/aromatic N) is 1. The van der Waals surface area contributed by atoms with E-state index in [1.165, 1.54) is 16.4 Å². The molecule has 1 aromatic rings. The Labute approximate surface area is 164 Å². The lowest BCUT2D eigenvalue weighted by atomic mass is 9.81. The van der Waals surface area contributed by atoms with Crippen LogP contribution in [-0.4, -0.2) is 50.7 Å². The number of amides is 1. The van der Waals surface area contributed by atoms with Crippen LogP contribution in [0.25, 0.3) is 0 Å². The molecule has 3 rings (SSSR count). The van der Waals surface area contributed by atoms with Gasteiger partial charge in [0.1, 0.15) is 10.7 Å². The predicted octanol–water partition coefficient (Wildman–Crippen LogP) is 2.30. The SMILES string of the molecule is C[C@H]1C[C@@H](C(=O)Nc2ccc(Cl)c(S(=O)(=O)N3CCOCC3)c2)CCC1=O. The minimum Gasteiger partial charge on any atom is -0.379 e. The largest absolute Gasteiger partial charge is 0.379 e. The number of Topliss-reactive ketones (excluding diaryl/α,β-unsaturated/α-hetero) is 1. The Hall–Kier alpha value is -1.48. The van der Waals surface area contributed by atoms with Crippen molar-refractivity contribution in [1.29, 1.82) is 0 Å².